The molecule has 0 aliphatic carbocycles. The van der Waals surface area contributed by atoms with Gasteiger partial charge in [-0.15, -0.1) is 0 Å². The number of nitrogens with zero attached hydrogens (tertiary/aromatic N) is 1. The Balaban J connectivity index is 2.11. The van der Waals surface area contributed by atoms with E-state index in [1.165, 1.54) is 19.2 Å². The Morgan fingerprint density at radius 1 is 1.08 bits per heavy atom. The second-order valence-corrected chi connectivity index (χ2v) is 11.9. The van der Waals surface area contributed by atoms with Crippen molar-refractivity contribution in [3.8, 4) is 5.75 Å². The van der Waals surface area contributed by atoms with Crippen molar-refractivity contribution in [2.75, 3.05) is 17.1 Å². The zero-order valence-electron chi connectivity index (χ0n) is 21.0. The summed E-state index contributed by atoms with van der Waals surface area (Å²) in [6.45, 7) is 5.06. The summed E-state index contributed by atoms with van der Waals surface area (Å²) >= 11 is 11.6. The summed E-state index contributed by atoms with van der Waals surface area (Å²) in [7, 11) is -3.32. The topological polar surface area (TPSA) is 118 Å². The molecule has 1 atom stereocenters. The molecule has 14 heteroatoms. The van der Waals surface area contributed by atoms with Crippen molar-refractivity contribution in [2.45, 2.75) is 37.9 Å². The van der Waals surface area contributed by atoms with Crippen LogP contribution in [0.4, 0.5) is 24.5 Å². The average Bonchev–Trinajstić information content (AvgIpc) is 2.82. The van der Waals surface area contributed by atoms with Gasteiger partial charge < -0.3 is 15.2 Å². The number of carbonyl (C=O) groups is 1. The van der Waals surface area contributed by atoms with Crippen LogP contribution < -0.4 is 14.8 Å². The number of benzene rings is 2. The molecule has 0 aliphatic heterocycles. The number of sulfonamides is 1. The van der Waals surface area contributed by atoms with Gasteiger partial charge in [-0.25, -0.2) is 8.42 Å². The number of hydrogen-bond donors (Lipinski definition) is 3. The van der Waals surface area contributed by atoms with E-state index < -0.39 is 43.2 Å². The molecule has 0 saturated carbocycles. The standard InChI is InChI=1S/C25H24Cl2F3N3O5S/c1-24(2,3)23(35)32-17-6-5-7-19(38-4)20(17)22(34)21-18(10-13(26)12-31-21)33-39(36,37)14-8-9-16(27)15(11-14)25(28,29)30/h5-12,22,33-34H,1-4H3,(H,32,35). The van der Waals surface area contributed by atoms with Gasteiger partial charge in [-0.1, -0.05) is 50.0 Å². The Morgan fingerprint density at radius 2 is 1.74 bits per heavy atom. The Labute approximate surface area is 233 Å². The van der Waals surface area contributed by atoms with Gasteiger partial charge in [0.15, 0.2) is 0 Å². The highest BCUT2D eigenvalue weighted by Gasteiger charge is 2.35. The second-order valence-electron chi connectivity index (χ2n) is 9.36. The van der Waals surface area contributed by atoms with Crippen molar-refractivity contribution in [1.82, 2.24) is 4.98 Å². The van der Waals surface area contributed by atoms with Crippen LogP contribution in [-0.2, 0) is 21.0 Å². The van der Waals surface area contributed by atoms with E-state index in [1.807, 2.05) is 0 Å². The van der Waals surface area contributed by atoms with E-state index in [1.54, 1.807) is 26.8 Å². The third kappa shape index (κ3) is 6.93. The number of ether oxygens (including phenoxy) is 1. The van der Waals surface area contributed by atoms with Crippen molar-refractivity contribution < 1.29 is 36.2 Å². The van der Waals surface area contributed by atoms with E-state index in [4.69, 9.17) is 27.9 Å². The van der Waals surface area contributed by atoms with Crippen molar-refractivity contribution in [3.63, 3.8) is 0 Å². The van der Waals surface area contributed by atoms with Crippen molar-refractivity contribution in [1.29, 1.82) is 0 Å². The van der Waals surface area contributed by atoms with Crippen LogP contribution in [0.1, 0.15) is 43.7 Å². The van der Waals surface area contributed by atoms with E-state index in [9.17, 15) is 31.5 Å². The van der Waals surface area contributed by atoms with Gasteiger partial charge >= 0.3 is 6.18 Å². The van der Waals surface area contributed by atoms with Gasteiger partial charge in [0.25, 0.3) is 10.0 Å². The van der Waals surface area contributed by atoms with E-state index in [2.05, 4.69) is 15.0 Å². The summed E-state index contributed by atoms with van der Waals surface area (Å²) < 4.78 is 73.7. The summed E-state index contributed by atoms with van der Waals surface area (Å²) in [5.74, 6) is -0.232. The number of carbonyl (C=O) groups excluding carboxylic acids is 1. The Kier molecular flexibility index (Phi) is 8.76. The summed E-state index contributed by atoms with van der Waals surface area (Å²) in [5.41, 5.74) is -2.50. The van der Waals surface area contributed by atoms with Gasteiger partial charge in [-0.05, 0) is 36.4 Å². The molecule has 3 aromatic rings. The quantitative estimate of drug-likeness (QED) is 0.291. The highest BCUT2D eigenvalue weighted by Crippen LogP contribution is 2.40. The number of anilines is 2. The van der Waals surface area contributed by atoms with Crippen molar-refractivity contribution in [2.24, 2.45) is 5.41 Å². The molecule has 0 spiro atoms. The lowest BCUT2D eigenvalue weighted by molar-refractivity contribution is -0.137. The highest BCUT2D eigenvalue weighted by molar-refractivity contribution is 7.92. The lowest BCUT2D eigenvalue weighted by Crippen LogP contribution is -2.28. The van der Waals surface area contributed by atoms with Crippen LogP contribution in [0.25, 0.3) is 0 Å². The van der Waals surface area contributed by atoms with E-state index in [-0.39, 0.29) is 39.3 Å². The molecule has 0 bridgehead atoms. The maximum Gasteiger partial charge on any atom is 0.417 e. The van der Waals surface area contributed by atoms with E-state index >= 15 is 0 Å². The molecule has 3 N–H and O–H groups in total. The Hall–Kier alpha value is -3.06. The summed E-state index contributed by atoms with van der Waals surface area (Å²) in [6, 6.07) is 7.82. The van der Waals surface area contributed by atoms with Crippen molar-refractivity contribution >= 4 is 50.5 Å². The minimum atomic E-state index is -4.90. The number of halogens is 5. The molecule has 3 rings (SSSR count). The summed E-state index contributed by atoms with van der Waals surface area (Å²) in [5, 5.41) is 13.4. The molecule has 2 aromatic carbocycles. The monoisotopic (exact) mass is 605 g/mol. The number of aromatic nitrogens is 1. The number of aliphatic hydroxyl groups is 1. The molecule has 39 heavy (non-hydrogen) atoms. The zero-order chi connectivity index (χ0) is 29.3. The molecule has 0 saturated heterocycles. The van der Waals surface area contributed by atoms with E-state index in [0.717, 1.165) is 24.4 Å². The molecule has 210 valence electrons. The molecule has 1 aromatic heterocycles. The number of rotatable bonds is 7. The zero-order valence-corrected chi connectivity index (χ0v) is 23.3. The lowest BCUT2D eigenvalue weighted by Gasteiger charge is -2.23. The molecular weight excluding hydrogens is 582 g/mol. The van der Waals surface area contributed by atoms with Gasteiger partial charge in [0, 0.05) is 11.6 Å². The van der Waals surface area contributed by atoms with Crippen LogP contribution in [-0.4, -0.2) is 31.5 Å². The maximum absolute atomic E-state index is 13.3. The molecule has 1 unspecified atom stereocenters. The average molecular weight is 606 g/mol. The summed E-state index contributed by atoms with van der Waals surface area (Å²) in [6.07, 6.45) is -5.44. The largest absolute Gasteiger partial charge is 0.496 e. The van der Waals surface area contributed by atoms with Crippen LogP contribution >= 0.6 is 23.2 Å². The first-order valence-electron chi connectivity index (χ1n) is 11.2. The first-order valence-corrected chi connectivity index (χ1v) is 13.4. The first-order chi connectivity index (χ1) is 18.0. The first kappa shape index (κ1) is 30.5. The maximum atomic E-state index is 13.3. The van der Waals surface area contributed by atoms with Gasteiger partial charge in [-0.2, -0.15) is 13.2 Å². The molecule has 8 nitrogen and oxygen atoms in total. The number of amides is 1. The molecule has 1 heterocycles. The fraction of sp³-hybridized carbons (Fsp3) is 0.280. The SMILES string of the molecule is COc1cccc(NC(=O)C(C)(C)C)c1C(O)c1ncc(Cl)cc1NS(=O)(=O)c1ccc(Cl)c(C(F)(F)F)c1. The normalized spacial score (nSPS) is 13.1. The molecule has 0 aliphatic rings. The fourth-order valence-electron chi connectivity index (χ4n) is 3.40. The molecular formula is C25H24Cl2F3N3O5S. The van der Waals surface area contributed by atoms with Crippen LogP contribution in [0.3, 0.4) is 0 Å². The lowest BCUT2D eigenvalue weighted by atomic mass is 9.94. The third-order valence-electron chi connectivity index (χ3n) is 5.43. The van der Waals surface area contributed by atoms with Crippen LogP contribution in [0.2, 0.25) is 10.0 Å². The number of methoxy groups -OCH3 is 1. The predicted octanol–water partition coefficient (Wildman–Crippen LogP) is 6.28. The number of nitrogens with one attached hydrogen (secondary N) is 2. The van der Waals surface area contributed by atoms with Crippen LogP contribution in [0, 0.1) is 5.41 Å². The smallest absolute Gasteiger partial charge is 0.417 e. The van der Waals surface area contributed by atoms with E-state index in [0.29, 0.717) is 6.07 Å². The molecule has 0 fully saturated rings. The molecule has 0 radical (unpaired) electrons. The van der Waals surface area contributed by atoms with Crippen LogP contribution in [0.15, 0.2) is 53.6 Å². The van der Waals surface area contributed by atoms with Gasteiger partial charge in [0.2, 0.25) is 5.91 Å². The fourth-order valence-corrected chi connectivity index (χ4v) is 4.88. The third-order valence-corrected chi connectivity index (χ3v) is 7.33. The van der Waals surface area contributed by atoms with Gasteiger partial charge in [0.05, 0.1) is 50.2 Å². The van der Waals surface area contributed by atoms with Gasteiger partial charge in [-0.3, -0.25) is 14.5 Å². The van der Waals surface area contributed by atoms with Crippen LogP contribution in [0.5, 0.6) is 5.75 Å². The Bertz CT molecular complexity index is 1510. The number of pyridine rings is 1. The van der Waals surface area contributed by atoms with Gasteiger partial charge in [0.1, 0.15) is 11.9 Å². The number of aliphatic hydroxyl groups excluding tert-OH is 1. The molecule has 1 amide bonds. The Morgan fingerprint density at radius 3 is 2.33 bits per heavy atom. The number of alkyl halides is 3. The van der Waals surface area contributed by atoms with Crippen molar-refractivity contribution in [3.05, 3.63) is 75.5 Å². The minimum absolute atomic E-state index is 0.0305. The number of hydrogen-bond acceptors (Lipinski definition) is 6. The minimum Gasteiger partial charge on any atom is -0.496 e. The highest BCUT2D eigenvalue weighted by atomic mass is 35.5. The predicted molar refractivity (Wildman–Crippen MR) is 142 cm³/mol. The second kappa shape index (κ2) is 11.2. The summed E-state index contributed by atoms with van der Waals surface area (Å²) in [4.78, 5) is 16.0.